The lowest BCUT2D eigenvalue weighted by Crippen LogP contribution is -2.43. The summed E-state index contributed by atoms with van der Waals surface area (Å²) in [7, 11) is 3.13. The third-order valence-electron chi connectivity index (χ3n) is 3.03. The molecule has 2 amide bonds. The Morgan fingerprint density at radius 3 is 2.43 bits per heavy atom. The van der Waals surface area contributed by atoms with Crippen LogP contribution in [0.3, 0.4) is 0 Å². The number of methoxy groups -OCH3 is 1. The highest BCUT2D eigenvalue weighted by Crippen LogP contribution is 2.03. The number of hydrogen-bond donors (Lipinski definition) is 1. The number of amides is 2. The highest BCUT2D eigenvalue weighted by Gasteiger charge is 2.18. The minimum Gasteiger partial charge on any atom is -0.395 e. The van der Waals surface area contributed by atoms with Crippen molar-refractivity contribution in [1.29, 1.82) is 0 Å². The molecule has 0 radical (unpaired) electrons. The standard InChI is InChI=1S/C15H22N2O4/c1-16(15(20)13-6-4-3-5-7-13)12-14(19)17(8-10-18)9-11-21-2/h3-7,18H,8-12H2,1-2H3. The summed E-state index contributed by atoms with van der Waals surface area (Å²) >= 11 is 0. The van der Waals surface area contributed by atoms with Gasteiger partial charge in [-0.3, -0.25) is 9.59 Å². The number of hydrogen-bond acceptors (Lipinski definition) is 4. The van der Waals surface area contributed by atoms with Gasteiger partial charge in [-0.25, -0.2) is 0 Å². The maximum Gasteiger partial charge on any atom is 0.254 e. The molecule has 0 aliphatic carbocycles. The van der Waals surface area contributed by atoms with Gasteiger partial charge in [-0.05, 0) is 12.1 Å². The quantitative estimate of drug-likeness (QED) is 0.745. The molecule has 21 heavy (non-hydrogen) atoms. The van der Waals surface area contributed by atoms with Crippen molar-refractivity contribution in [2.75, 3.05) is 47.0 Å². The maximum atomic E-state index is 12.2. The molecule has 1 N–H and O–H groups in total. The Labute approximate surface area is 124 Å². The summed E-state index contributed by atoms with van der Waals surface area (Å²) in [6.07, 6.45) is 0. The molecule has 0 aliphatic heterocycles. The first-order valence-electron chi connectivity index (χ1n) is 6.78. The van der Waals surface area contributed by atoms with Gasteiger partial charge in [0.05, 0.1) is 19.8 Å². The second kappa shape index (κ2) is 9.10. The van der Waals surface area contributed by atoms with Crippen LogP contribution in [0.25, 0.3) is 0 Å². The first-order chi connectivity index (χ1) is 10.1. The van der Waals surface area contributed by atoms with Gasteiger partial charge in [0.15, 0.2) is 0 Å². The van der Waals surface area contributed by atoms with Crippen LogP contribution in [0.5, 0.6) is 0 Å². The van der Waals surface area contributed by atoms with Crippen molar-refractivity contribution < 1.29 is 19.4 Å². The Kier molecular flexibility index (Phi) is 7.42. The largest absolute Gasteiger partial charge is 0.395 e. The third kappa shape index (κ3) is 5.53. The molecule has 116 valence electrons. The molecule has 0 saturated carbocycles. The number of aliphatic hydroxyl groups is 1. The predicted molar refractivity (Wildman–Crippen MR) is 78.9 cm³/mol. The molecule has 1 rings (SSSR count). The lowest BCUT2D eigenvalue weighted by atomic mass is 10.2. The molecule has 0 fully saturated rings. The molecule has 0 saturated heterocycles. The summed E-state index contributed by atoms with van der Waals surface area (Å²) in [5, 5.41) is 8.99. The topological polar surface area (TPSA) is 70.1 Å². The monoisotopic (exact) mass is 294 g/mol. The van der Waals surface area contributed by atoms with Crippen LogP contribution in [-0.4, -0.2) is 73.7 Å². The van der Waals surface area contributed by atoms with E-state index in [4.69, 9.17) is 9.84 Å². The van der Waals surface area contributed by atoms with Gasteiger partial charge < -0.3 is 19.6 Å². The van der Waals surface area contributed by atoms with Crippen molar-refractivity contribution in [2.24, 2.45) is 0 Å². The van der Waals surface area contributed by atoms with E-state index in [9.17, 15) is 9.59 Å². The molecule has 6 heteroatoms. The predicted octanol–water partition coefficient (Wildman–Crippen LogP) is 0.226. The van der Waals surface area contributed by atoms with Gasteiger partial charge in [0.1, 0.15) is 0 Å². The first-order valence-corrected chi connectivity index (χ1v) is 6.78. The van der Waals surface area contributed by atoms with E-state index in [0.29, 0.717) is 18.7 Å². The average molecular weight is 294 g/mol. The molecular formula is C15H22N2O4. The molecular weight excluding hydrogens is 272 g/mol. The van der Waals surface area contributed by atoms with Crippen molar-refractivity contribution >= 4 is 11.8 Å². The smallest absolute Gasteiger partial charge is 0.254 e. The van der Waals surface area contributed by atoms with Gasteiger partial charge in [0, 0.05) is 32.8 Å². The average Bonchev–Trinajstić information content (AvgIpc) is 2.51. The van der Waals surface area contributed by atoms with Crippen molar-refractivity contribution in [1.82, 2.24) is 9.80 Å². The highest BCUT2D eigenvalue weighted by molar-refractivity contribution is 5.96. The van der Waals surface area contributed by atoms with Crippen LogP contribution < -0.4 is 0 Å². The van der Waals surface area contributed by atoms with Crippen LogP contribution in [0.2, 0.25) is 0 Å². The molecule has 0 spiro atoms. The zero-order valence-corrected chi connectivity index (χ0v) is 12.5. The van der Waals surface area contributed by atoms with Crippen LogP contribution in [0, 0.1) is 0 Å². The van der Waals surface area contributed by atoms with E-state index in [1.807, 2.05) is 6.07 Å². The van der Waals surface area contributed by atoms with Crippen molar-refractivity contribution in [2.45, 2.75) is 0 Å². The van der Waals surface area contributed by atoms with Crippen LogP contribution in [0.4, 0.5) is 0 Å². The fraction of sp³-hybridized carbons (Fsp3) is 0.467. The SMILES string of the molecule is COCCN(CCO)C(=O)CN(C)C(=O)c1ccccc1. The zero-order valence-electron chi connectivity index (χ0n) is 12.5. The van der Waals surface area contributed by atoms with Gasteiger partial charge in [-0.2, -0.15) is 0 Å². The van der Waals surface area contributed by atoms with Crippen LogP contribution >= 0.6 is 0 Å². The van der Waals surface area contributed by atoms with E-state index in [1.165, 1.54) is 9.80 Å². The van der Waals surface area contributed by atoms with Gasteiger partial charge in [-0.15, -0.1) is 0 Å². The Hall–Kier alpha value is -1.92. The fourth-order valence-corrected chi connectivity index (χ4v) is 1.86. The number of carbonyl (C=O) groups excluding carboxylic acids is 2. The second-order valence-corrected chi connectivity index (χ2v) is 4.62. The van der Waals surface area contributed by atoms with Gasteiger partial charge in [0.2, 0.25) is 5.91 Å². The molecule has 0 aromatic heterocycles. The van der Waals surface area contributed by atoms with Crippen molar-refractivity contribution in [3.05, 3.63) is 35.9 Å². The van der Waals surface area contributed by atoms with Crippen molar-refractivity contribution in [3.63, 3.8) is 0 Å². The van der Waals surface area contributed by atoms with E-state index >= 15 is 0 Å². The first kappa shape index (κ1) is 17.1. The van der Waals surface area contributed by atoms with E-state index in [-0.39, 0.29) is 31.5 Å². The molecule has 0 aliphatic rings. The van der Waals surface area contributed by atoms with Crippen molar-refractivity contribution in [3.8, 4) is 0 Å². The van der Waals surface area contributed by atoms with Crippen LogP contribution in [-0.2, 0) is 9.53 Å². The van der Waals surface area contributed by atoms with E-state index < -0.39 is 0 Å². The lowest BCUT2D eigenvalue weighted by Gasteiger charge is -2.24. The third-order valence-corrected chi connectivity index (χ3v) is 3.03. The molecule has 1 aromatic rings. The van der Waals surface area contributed by atoms with E-state index in [0.717, 1.165) is 0 Å². The Balaban J connectivity index is 2.60. The van der Waals surface area contributed by atoms with Gasteiger partial charge >= 0.3 is 0 Å². The summed E-state index contributed by atoms with van der Waals surface area (Å²) in [5.74, 6) is -0.424. The lowest BCUT2D eigenvalue weighted by molar-refractivity contribution is -0.132. The number of nitrogens with zero attached hydrogens (tertiary/aromatic N) is 2. The summed E-state index contributed by atoms with van der Waals surface area (Å²) in [6.45, 7) is 0.865. The van der Waals surface area contributed by atoms with E-state index in [1.54, 1.807) is 38.4 Å². The molecule has 0 unspecified atom stereocenters. The Bertz CT molecular complexity index is 450. The molecule has 0 bridgehead atoms. The van der Waals surface area contributed by atoms with Crippen LogP contribution in [0.1, 0.15) is 10.4 Å². The van der Waals surface area contributed by atoms with Gasteiger partial charge in [-0.1, -0.05) is 18.2 Å². The number of ether oxygens (including phenoxy) is 1. The Morgan fingerprint density at radius 2 is 1.86 bits per heavy atom. The second-order valence-electron chi connectivity index (χ2n) is 4.62. The normalized spacial score (nSPS) is 10.2. The maximum absolute atomic E-state index is 12.2. The summed E-state index contributed by atoms with van der Waals surface area (Å²) < 4.78 is 4.93. The molecule has 0 heterocycles. The minimum atomic E-state index is -0.215. The fourth-order valence-electron chi connectivity index (χ4n) is 1.86. The summed E-state index contributed by atoms with van der Waals surface area (Å²) in [4.78, 5) is 27.2. The number of benzene rings is 1. The molecule has 6 nitrogen and oxygen atoms in total. The Morgan fingerprint density at radius 1 is 1.19 bits per heavy atom. The zero-order chi connectivity index (χ0) is 15.7. The van der Waals surface area contributed by atoms with Gasteiger partial charge in [0.25, 0.3) is 5.91 Å². The summed E-state index contributed by atoms with van der Waals surface area (Å²) in [6, 6.07) is 8.80. The molecule has 0 atom stereocenters. The number of carbonyl (C=O) groups is 2. The molecule has 1 aromatic carbocycles. The number of aliphatic hydroxyl groups excluding tert-OH is 1. The number of rotatable bonds is 8. The number of likely N-dealkylation sites (N-methyl/N-ethyl adjacent to an activating group) is 1. The highest BCUT2D eigenvalue weighted by atomic mass is 16.5. The summed E-state index contributed by atoms with van der Waals surface area (Å²) in [5.41, 5.74) is 0.540. The minimum absolute atomic E-state index is 0.0303. The van der Waals surface area contributed by atoms with E-state index in [2.05, 4.69) is 0 Å². The van der Waals surface area contributed by atoms with Crippen LogP contribution in [0.15, 0.2) is 30.3 Å².